The lowest BCUT2D eigenvalue weighted by Gasteiger charge is -2.42. The predicted molar refractivity (Wildman–Crippen MR) is 65.0 cm³/mol. The Kier molecular flexibility index (Phi) is 3.36. The average molecular weight is 210 g/mol. The zero-order valence-electron chi connectivity index (χ0n) is 10.6. The Morgan fingerprint density at radius 3 is 2.67 bits per heavy atom. The van der Waals surface area contributed by atoms with Gasteiger partial charge < -0.3 is 10.2 Å². The van der Waals surface area contributed by atoms with E-state index in [9.17, 15) is 0 Å². The maximum Gasteiger partial charge on any atom is 0.0117 e. The van der Waals surface area contributed by atoms with Gasteiger partial charge in [0, 0.05) is 19.1 Å². The second-order valence-electron chi connectivity index (χ2n) is 6.18. The van der Waals surface area contributed by atoms with Crippen LogP contribution in [-0.2, 0) is 0 Å². The van der Waals surface area contributed by atoms with Crippen molar-refractivity contribution in [3.63, 3.8) is 0 Å². The molecular weight excluding hydrogens is 184 g/mol. The molecule has 0 amide bonds. The summed E-state index contributed by atoms with van der Waals surface area (Å²) in [5, 5.41) is 3.81. The first kappa shape index (κ1) is 11.4. The van der Waals surface area contributed by atoms with Crippen molar-refractivity contribution in [3.8, 4) is 0 Å². The van der Waals surface area contributed by atoms with Gasteiger partial charge in [-0.25, -0.2) is 0 Å². The van der Waals surface area contributed by atoms with Gasteiger partial charge in [0.15, 0.2) is 0 Å². The van der Waals surface area contributed by atoms with Gasteiger partial charge in [-0.3, -0.25) is 0 Å². The standard InChI is InChI=1S/C13H26N2/c1-11-9-15(3)8-5-12(11)14-10-13(2)6-4-7-13/h11-12,14H,4-10H2,1-3H3. The first-order valence-electron chi connectivity index (χ1n) is 6.51. The van der Waals surface area contributed by atoms with Crippen LogP contribution in [0.2, 0.25) is 0 Å². The average Bonchev–Trinajstić information content (AvgIpc) is 2.14. The molecule has 2 fully saturated rings. The van der Waals surface area contributed by atoms with E-state index >= 15 is 0 Å². The summed E-state index contributed by atoms with van der Waals surface area (Å²) in [6, 6.07) is 0.763. The molecule has 1 saturated carbocycles. The molecule has 1 aliphatic carbocycles. The molecule has 0 radical (unpaired) electrons. The van der Waals surface area contributed by atoms with E-state index in [2.05, 4.69) is 31.1 Å². The topological polar surface area (TPSA) is 15.3 Å². The molecule has 0 aromatic carbocycles. The summed E-state index contributed by atoms with van der Waals surface area (Å²) in [4.78, 5) is 2.45. The van der Waals surface area contributed by atoms with Crippen LogP contribution in [0.3, 0.4) is 0 Å². The van der Waals surface area contributed by atoms with E-state index in [1.807, 2.05) is 0 Å². The van der Waals surface area contributed by atoms with E-state index in [0.717, 1.165) is 12.0 Å². The summed E-state index contributed by atoms with van der Waals surface area (Å²) in [7, 11) is 2.24. The summed E-state index contributed by atoms with van der Waals surface area (Å²) in [5.74, 6) is 0.812. The summed E-state index contributed by atoms with van der Waals surface area (Å²) >= 11 is 0. The van der Waals surface area contributed by atoms with Crippen molar-refractivity contribution in [1.82, 2.24) is 10.2 Å². The molecule has 1 heterocycles. The molecule has 0 aromatic heterocycles. The number of rotatable bonds is 3. The predicted octanol–water partition coefficient (Wildman–Crippen LogP) is 2.11. The monoisotopic (exact) mass is 210 g/mol. The third kappa shape index (κ3) is 2.73. The minimum Gasteiger partial charge on any atom is -0.313 e. The van der Waals surface area contributed by atoms with E-state index in [0.29, 0.717) is 5.41 Å². The minimum atomic E-state index is 0.628. The van der Waals surface area contributed by atoms with E-state index in [1.54, 1.807) is 0 Å². The van der Waals surface area contributed by atoms with Crippen LogP contribution in [0.4, 0.5) is 0 Å². The molecule has 1 saturated heterocycles. The van der Waals surface area contributed by atoms with Crippen molar-refractivity contribution in [2.24, 2.45) is 11.3 Å². The van der Waals surface area contributed by atoms with Crippen LogP contribution in [0.1, 0.15) is 39.5 Å². The van der Waals surface area contributed by atoms with E-state index in [-0.39, 0.29) is 0 Å². The summed E-state index contributed by atoms with van der Waals surface area (Å²) in [6.45, 7) is 8.58. The van der Waals surface area contributed by atoms with Gasteiger partial charge in [0.1, 0.15) is 0 Å². The third-order valence-corrected chi connectivity index (χ3v) is 4.46. The molecule has 0 spiro atoms. The van der Waals surface area contributed by atoms with Gasteiger partial charge in [-0.05, 0) is 44.2 Å². The van der Waals surface area contributed by atoms with Gasteiger partial charge in [0.05, 0.1) is 0 Å². The Balaban J connectivity index is 1.74. The fourth-order valence-corrected chi connectivity index (χ4v) is 2.99. The summed E-state index contributed by atoms with van der Waals surface area (Å²) < 4.78 is 0. The second kappa shape index (κ2) is 4.42. The molecule has 1 aliphatic heterocycles. The first-order chi connectivity index (χ1) is 7.09. The molecule has 88 valence electrons. The summed E-state index contributed by atoms with van der Waals surface area (Å²) in [6.07, 6.45) is 5.64. The van der Waals surface area contributed by atoms with Crippen LogP contribution in [0.5, 0.6) is 0 Å². The van der Waals surface area contributed by atoms with Crippen molar-refractivity contribution in [2.45, 2.75) is 45.6 Å². The van der Waals surface area contributed by atoms with Gasteiger partial charge >= 0.3 is 0 Å². The van der Waals surface area contributed by atoms with Crippen LogP contribution in [0.15, 0.2) is 0 Å². The lowest BCUT2D eigenvalue weighted by atomic mass is 9.70. The maximum atomic E-state index is 3.81. The largest absolute Gasteiger partial charge is 0.313 e. The zero-order valence-corrected chi connectivity index (χ0v) is 10.6. The molecule has 1 N–H and O–H groups in total. The SMILES string of the molecule is CC1CN(C)CCC1NCC1(C)CCC1. The molecule has 0 aromatic rings. The molecule has 2 atom stereocenters. The molecule has 2 unspecified atom stereocenters. The Morgan fingerprint density at radius 2 is 2.13 bits per heavy atom. The molecule has 2 nitrogen and oxygen atoms in total. The quantitative estimate of drug-likeness (QED) is 0.767. The lowest BCUT2D eigenvalue weighted by Crippen LogP contribution is -2.50. The third-order valence-electron chi connectivity index (χ3n) is 4.46. The number of nitrogens with one attached hydrogen (secondary N) is 1. The molecule has 2 rings (SSSR count). The van der Waals surface area contributed by atoms with Gasteiger partial charge in [0.25, 0.3) is 0 Å². The van der Waals surface area contributed by atoms with Crippen molar-refractivity contribution < 1.29 is 0 Å². The highest BCUT2D eigenvalue weighted by Crippen LogP contribution is 2.39. The number of likely N-dealkylation sites (tertiary alicyclic amines) is 1. The van der Waals surface area contributed by atoms with Gasteiger partial charge in [-0.2, -0.15) is 0 Å². The fourth-order valence-electron chi connectivity index (χ4n) is 2.99. The normalized spacial score (nSPS) is 36.2. The smallest absolute Gasteiger partial charge is 0.0117 e. The first-order valence-corrected chi connectivity index (χ1v) is 6.51. The highest BCUT2D eigenvalue weighted by atomic mass is 15.1. The molecule has 2 heteroatoms. The molecule has 2 aliphatic rings. The second-order valence-corrected chi connectivity index (χ2v) is 6.18. The van der Waals surface area contributed by atoms with Crippen molar-refractivity contribution in [1.29, 1.82) is 0 Å². The van der Waals surface area contributed by atoms with Crippen LogP contribution in [0.25, 0.3) is 0 Å². The number of hydrogen-bond acceptors (Lipinski definition) is 2. The van der Waals surface area contributed by atoms with Crippen molar-refractivity contribution >= 4 is 0 Å². The van der Waals surface area contributed by atoms with Crippen LogP contribution >= 0.6 is 0 Å². The van der Waals surface area contributed by atoms with Crippen molar-refractivity contribution in [2.75, 3.05) is 26.7 Å². The minimum absolute atomic E-state index is 0.628. The fraction of sp³-hybridized carbons (Fsp3) is 1.00. The zero-order chi connectivity index (χ0) is 10.9. The Hall–Kier alpha value is -0.0800. The van der Waals surface area contributed by atoms with Crippen LogP contribution in [0, 0.1) is 11.3 Å². The number of piperidine rings is 1. The lowest BCUT2D eigenvalue weighted by molar-refractivity contribution is 0.121. The molecule has 0 bridgehead atoms. The van der Waals surface area contributed by atoms with E-state index < -0.39 is 0 Å². The summed E-state index contributed by atoms with van der Waals surface area (Å²) in [5.41, 5.74) is 0.628. The van der Waals surface area contributed by atoms with E-state index in [1.165, 1.54) is 45.3 Å². The maximum absolute atomic E-state index is 3.81. The highest BCUT2D eigenvalue weighted by Gasteiger charge is 2.33. The van der Waals surface area contributed by atoms with Gasteiger partial charge in [-0.1, -0.05) is 20.3 Å². The Labute approximate surface area is 94.4 Å². The number of hydrogen-bond donors (Lipinski definition) is 1. The van der Waals surface area contributed by atoms with E-state index in [4.69, 9.17) is 0 Å². The molecular formula is C13H26N2. The highest BCUT2D eigenvalue weighted by molar-refractivity contribution is 4.89. The van der Waals surface area contributed by atoms with Crippen molar-refractivity contribution in [3.05, 3.63) is 0 Å². The van der Waals surface area contributed by atoms with Gasteiger partial charge in [-0.15, -0.1) is 0 Å². The van der Waals surface area contributed by atoms with Gasteiger partial charge in [0.2, 0.25) is 0 Å². The molecule has 15 heavy (non-hydrogen) atoms. The Morgan fingerprint density at radius 1 is 1.40 bits per heavy atom. The number of nitrogens with zero attached hydrogens (tertiary/aromatic N) is 1. The van der Waals surface area contributed by atoms with Crippen LogP contribution < -0.4 is 5.32 Å². The Bertz CT molecular complexity index is 211. The van der Waals surface area contributed by atoms with Crippen LogP contribution in [-0.4, -0.2) is 37.6 Å².